The Bertz CT molecular complexity index is 942. The molecule has 0 radical (unpaired) electrons. The molecule has 2 aromatic carbocycles. The van der Waals surface area contributed by atoms with E-state index in [0.29, 0.717) is 6.54 Å². The van der Waals surface area contributed by atoms with Crippen LogP contribution in [-0.2, 0) is 11.3 Å². The van der Waals surface area contributed by atoms with Crippen molar-refractivity contribution in [3.8, 4) is 5.75 Å². The molecule has 170 valence electrons. The van der Waals surface area contributed by atoms with Crippen molar-refractivity contribution in [1.29, 1.82) is 0 Å². The summed E-state index contributed by atoms with van der Waals surface area (Å²) in [5.74, 6) is 0.970. The van der Waals surface area contributed by atoms with Crippen LogP contribution >= 0.6 is 0 Å². The topological polar surface area (TPSA) is 45.2 Å². The third-order valence-electron chi connectivity index (χ3n) is 6.94. The molecular formula is C26H33N3O3. The first-order valence-corrected chi connectivity index (χ1v) is 11.8. The van der Waals surface area contributed by atoms with Gasteiger partial charge in [0.1, 0.15) is 18.0 Å². The van der Waals surface area contributed by atoms with Gasteiger partial charge < -0.3 is 9.47 Å². The summed E-state index contributed by atoms with van der Waals surface area (Å²) >= 11 is 0. The maximum atomic E-state index is 12.6. The van der Waals surface area contributed by atoms with Crippen molar-refractivity contribution in [2.24, 2.45) is 0 Å². The lowest BCUT2D eigenvalue weighted by Gasteiger charge is -2.23. The van der Waals surface area contributed by atoms with E-state index >= 15 is 0 Å². The number of ether oxygens (including phenoxy) is 2. The molecule has 5 rings (SSSR count). The number of carbonyl (C=O) groups excluding carboxylic acids is 1. The predicted octanol–water partition coefficient (Wildman–Crippen LogP) is 4.07. The van der Waals surface area contributed by atoms with Gasteiger partial charge in [-0.15, -0.1) is 0 Å². The molecule has 0 unspecified atom stereocenters. The molecular weight excluding hydrogens is 402 g/mol. The van der Waals surface area contributed by atoms with E-state index in [-0.39, 0.29) is 6.09 Å². The van der Waals surface area contributed by atoms with Gasteiger partial charge in [-0.25, -0.2) is 4.79 Å². The van der Waals surface area contributed by atoms with E-state index in [1.807, 2.05) is 30.3 Å². The Balaban J connectivity index is 1.19. The highest BCUT2D eigenvalue weighted by molar-refractivity contribution is 5.90. The smallest absolute Gasteiger partial charge is 0.415 e. The number of hydrogen-bond acceptors (Lipinski definition) is 5. The Hall–Kier alpha value is -2.57. The summed E-state index contributed by atoms with van der Waals surface area (Å²) in [5, 5.41) is 0. The van der Waals surface area contributed by atoms with Crippen LogP contribution in [0.25, 0.3) is 0 Å². The third-order valence-corrected chi connectivity index (χ3v) is 6.94. The fourth-order valence-corrected chi connectivity index (χ4v) is 5.13. The van der Waals surface area contributed by atoms with Gasteiger partial charge in [0.15, 0.2) is 0 Å². The monoisotopic (exact) mass is 435 g/mol. The summed E-state index contributed by atoms with van der Waals surface area (Å²) < 4.78 is 12.1. The number of hydrogen-bond donors (Lipinski definition) is 0. The molecule has 3 saturated heterocycles. The molecule has 0 aromatic heterocycles. The van der Waals surface area contributed by atoms with Crippen LogP contribution in [-0.4, -0.2) is 67.4 Å². The van der Waals surface area contributed by atoms with Crippen LogP contribution in [0.4, 0.5) is 10.5 Å². The van der Waals surface area contributed by atoms with Crippen molar-refractivity contribution in [2.45, 2.75) is 38.3 Å². The van der Waals surface area contributed by atoms with Gasteiger partial charge in [0.25, 0.3) is 0 Å². The normalized spacial score (nSPS) is 23.9. The molecule has 0 saturated carbocycles. The lowest BCUT2D eigenvalue weighted by molar-refractivity contribution is 0.0628. The average Bonchev–Trinajstić information content (AvgIpc) is 3.51. The van der Waals surface area contributed by atoms with Gasteiger partial charge in [0.05, 0.1) is 6.54 Å². The Morgan fingerprint density at radius 1 is 0.969 bits per heavy atom. The second-order valence-electron chi connectivity index (χ2n) is 9.44. The van der Waals surface area contributed by atoms with Crippen LogP contribution in [0.3, 0.4) is 0 Å². The van der Waals surface area contributed by atoms with Crippen molar-refractivity contribution in [3.05, 3.63) is 59.7 Å². The van der Waals surface area contributed by atoms with Gasteiger partial charge in [-0.1, -0.05) is 35.9 Å². The second-order valence-corrected chi connectivity index (χ2v) is 9.44. The summed E-state index contributed by atoms with van der Waals surface area (Å²) in [5.41, 5.74) is 2.87. The third kappa shape index (κ3) is 4.62. The largest absolute Gasteiger partial charge is 0.492 e. The van der Waals surface area contributed by atoms with E-state index in [2.05, 4.69) is 34.9 Å². The summed E-state index contributed by atoms with van der Waals surface area (Å²) in [6, 6.07) is 16.4. The number of amides is 1. The Kier molecular flexibility index (Phi) is 6.07. The first-order valence-electron chi connectivity index (χ1n) is 11.8. The minimum atomic E-state index is -0.423. The predicted molar refractivity (Wildman–Crippen MR) is 125 cm³/mol. The van der Waals surface area contributed by atoms with Crippen molar-refractivity contribution >= 4 is 11.8 Å². The first-order chi connectivity index (χ1) is 15.6. The number of anilines is 1. The van der Waals surface area contributed by atoms with Crippen molar-refractivity contribution in [3.63, 3.8) is 0 Å². The molecule has 3 heterocycles. The van der Waals surface area contributed by atoms with Crippen LogP contribution < -0.4 is 9.64 Å². The molecule has 3 aliphatic rings. The standard InChI is InChI=1S/C26H33N3O3/c1-21-8-10-23(11-9-21)29-20-26(32-25(29)30)12-15-28(19-26)18-22-6-2-3-7-24(22)31-17-16-27-13-4-5-14-27/h2-3,6-11H,4-5,12-20H2,1H3/t26-/m1/s1. The van der Waals surface area contributed by atoms with Gasteiger partial charge in [0, 0.05) is 43.9 Å². The van der Waals surface area contributed by atoms with E-state index < -0.39 is 5.60 Å². The quantitative estimate of drug-likeness (QED) is 0.656. The van der Waals surface area contributed by atoms with E-state index in [1.54, 1.807) is 4.90 Å². The van der Waals surface area contributed by atoms with Gasteiger partial charge in [-0.05, 0) is 51.1 Å². The van der Waals surface area contributed by atoms with Crippen molar-refractivity contribution in [1.82, 2.24) is 9.80 Å². The summed E-state index contributed by atoms with van der Waals surface area (Å²) in [6.07, 6.45) is 3.23. The molecule has 0 aliphatic carbocycles. The highest BCUT2D eigenvalue weighted by atomic mass is 16.6. The molecule has 0 bridgehead atoms. The summed E-state index contributed by atoms with van der Waals surface area (Å²) in [6.45, 7) is 9.24. The highest BCUT2D eigenvalue weighted by Crippen LogP contribution is 2.36. The van der Waals surface area contributed by atoms with Crippen LogP contribution in [0, 0.1) is 6.92 Å². The summed E-state index contributed by atoms with van der Waals surface area (Å²) in [7, 11) is 0. The lowest BCUT2D eigenvalue weighted by Crippen LogP contribution is -2.37. The van der Waals surface area contributed by atoms with Crippen molar-refractivity contribution < 1.29 is 14.3 Å². The molecule has 1 spiro atoms. The molecule has 2 aromatic rings. The van der Waals surface area contributed by atoms with E-state index in [9.17, 15) is 4.79 Å². The molecule has 1 amide bonds. The van der Waals surface area contributed by atoms with Crippen LogP contribution in [0.15, 0.2) is 48.5 Å². The van der Waals surface area contributed by atoms with E-state index in [4.69, 9.17) is 9.47 Å². The number of aryl methyl sites for hydroxylation is 1. The Morgan fingerprint density at radius 3 is 2.56 bits per heavy atom. The molecule has 32 heavy (non-hydrogen) atoms. The summed E-state index contributed by atoms with van der Waals surface area (Å²) in [4.78, 5) is 19.3. The maximum absolute atomic E-state index is 12.6. The lowest BCUT2D eigenvalue weighted by atomic mass is 10.0. The maximum Gasteiger partial charge on any atom is 0.415 e. The fraction of sp³-hybridized carbons (Fsp3) is 0.500. The molecule has 1 atom stereocenters. The molecule has 6 heteroatoms. The zero-order valence-electron chi connectivity index (χ0n) is 19.0. The number of rotatable bonds is 7. The van der Waals surface area contributed by atoms with Crippen LogP contribution in [0.2, 0.25) is 0 Å². The zero-order valence-corrected chi connectivity index (χ0v) is 19.0. The van der Waals surface area contributed by atoms with Gasteiger partial charge >= 0.3 is 6.09 Å². The number of carbonyl (C=O) groups is 1. The highest BCUT2D eigenvalue weighted by Gasteiger charge is 2.50. The molecule has 0 N–H and O–H groups in total. The second kappa shape index (κ2) is 9.12. The minimum Gasteiger partial charge on any atom is -0.492 e. The number of likely N-dealkylation sites (tertiary alicyclic amines) is 2. The van der Waals surface area contributed by atoms with Crippen LogP contribution in [0.1, 0.15) is 30.4 Å². The Labute approximate surface area is 190 Å². The first kappa shape index (κ1) is 21.3. The molecule has 3 aliphatic heterocycles. The average molecular weight is 436 g/mol. The minimum absolute atomic E-state index is 0.235. The van der Waals surface area contributed by atoms with Gasteiger partial charge in [0.2, 0.25) is 0 Å². The van der Waals surface area contributed by atoms with Gasteiger partial charge in [-0.3, -0.25) is 14.7 Å². The number of benzene rings is 2. The Morgan fingerprint density at radius 2 is 1.75 bits per heavy atom. The van der Waals surface area contributed by atoms with E-state index in [1.165, 1.54) is 37.1 Å². The van der Waals surface area contributed by atoms with E-state index in [0.717, 1.165) is 50.6 Å². The number of para-hydroxylation sites is 1. The molecule has 6 nitrogen and oxygen atoms in total. The molecule has 3 fully saturated rings. The SMILES string of the molecule is Cc1ccc(N2C[C@]3(CCN(Cc4ccccc4OCCN4CCCC4)C3)OC2=O)cc1. The van der Waals surface area contributed by atoms with Gasteiger partial charge in [-0.2, -0.15) is 0 Å². The number of nitrogens with zero attached hydrogens (tertiary/aromatic N) is 3. The van der Waals surface area contributed by atoms with Crippen molar-refractivity contribution in [2.75, 3.05) is 50.8 Å². The van der Waals surface area contributed by atoms with Crippen LogP contribution in [0.5, 0.6) is 5.75 Å². The fourth-order valence-electron chi connectivity index (χ4n) is 5.13. The zero-order chi connectivity index (χ0) is 22.0.